The first kappa shape index (κ1) is 137. The van der Waals surface area contributed by atoms with Crippen molar-refractivity contribution >= 4 is 0 Å². The molecule has 5 heteroatoms. The zero-order chi connectivity index (χ0) is 6.71. The van der Waals surface area contributed by atoms with Crippen LogP contribution in [0.2, 0.25) is 0 Å². The minimum absolute atomic E-state index is 0. The Morgan fingerprint density at radius 2 is 1.20 bits per heavy atom. The summed E-state index contributed by atoms with van der Waals surface area (Å²) in [6, 6.07) is 0. The zero-order valence-electron chi connectivity index (χ0n) is 6.41. The van der Waals surface area contributed by atoms with Crippen LogP contribution in [0.1, 0.15) is 6.92 Å². The smallest absolute Gasteiger partial charge is 0.0785 e. The second-order valence-corrected chi connectivity index (χ2v) is 0.218. The zero-order valence-corrected chi connectivity index (χ0v) is 19.2. The molecule has 0 atom stereocenters. The van der Waals surface area contributed by atoms with E-state index in [9.17, 15) is 8.78 Å². The van der Waals surface area contributed by atoms with Gasteiger partial charge in [-0.2, -0.15) is 13.6 Å². The van der Waals surface area contributed by atoms with Crippen molar-refractivity contribution in [3.63, 3.8) is 0 Å². The molecule has 0 aromatic heterocycles. The molecule has 0 aromatic rings. The molecule has 0 unspecified atom stereocenters. The Balaban J connectivity index is -0.00000000536. The fraction of sp³-hybridized carbons (Fsp3) is 0.400. The predicted molar refractivity (Wildman–Crippen MR) is 28.0 cm³/mol. The van der Waals surface area contributed by atoms with E-state index in [-0.39, 0.29) is 4.70 Å². The fourth-order valence-corrected chi connectivity index (χ4v) is 0. The molecule has 0 aromatic carbocycles. The Hall–Kier alpha value is -2.47. The minimum atomic E-state index is 0. The van der Waals surface area contributed by atoms with E-state index >= 15 is 0 Å². The van der Waals surface area contributed by atoms with Gasteiger partial charge in [0.05, 0.1) is 7.18 Å². The summed E-state index contributed by atoms with van der Waals surface area (Å²) in [6.45, 7) is 8.83. The first-order valence-electron chi connectivity index (χ1n) is 1.58. The summed E-state index contributed by atoms with van der Waals surface area (Å²) >= 11 is 0. The van der Waals surface area contributed by atoms with Crippen LogP contribution >= 0.6 is 0 Å². The van der Waals surface area contributed by atoms with Crippen molar-refractivity contribution in [3.8, 4) is 0 Å². The van der Waals surface area contributed by atoms with E-state index in [2.05, 4.69) is 13.2 Å². The largest absolute Gasteiger partial charge is 1.00 e. The molecular weight excluding hydrogens is 651 g/mol. The van der Waals surface area contributed by atoms with Crippen molar-refractivity contribution in [2.45, 2.75) is 6.92 Å². The minimum Gasteiger partial charge on any atom is -1.00 e. The summed E-state index contributed by atoms with van der Waals surface area (Å²) in [6.07, 6.45) is 0. The maximum atomic E-state index is 10.2. The van der Waals surface area contributed by atoms with Gasteiger partial charge in [-0.1, -0.05) is 0 Å². The number of alkyl halides is 1. The van der Waals surface area contributed by atoms with Crippen LogP contribution in [0.15, 0.2) is 6.58 Å². The first-order valence-corrected chi connectivity index (χ1v) is 1.58. The molecule has 0 aliphatic heterocycles. The van der Waals surface area contributed by atoms with E-state index in [0.717, 1.165) is 0 Å². The maximum Gasteiger partial charge on any atom is 0.0785 e. The molecule has 0 nitrogen and oxygen atoms in total. The monoisotopic (exact) mass is 661 g/mol. The fourth-order valence-electron chi connectivity index (χ4n) is 0. The van der Waals surface area contributed by atoms with Crippen molar-refractivity contribution in [2.75, 3.05) is 7.18 Å². The summed E-state index contributed by atoms with van der Waals surface area (Å²) in [5.41, 5.74) is 0. The summed E-state index contributed by atoms with van der Waals surface area (Å²) in [4.78, 5) is 0. The van der Waals surface area contributed by atoms with Crippen molar-refractivity contribution in [2.24, 2.45) is 0 Å². The maximum absolute atomic E-state index is 10.2. The van der Waals surface area contributed by atoms with Crippen LogP contribution in [0, 0.1) is 13.3 Å². The van der Waals surface area contributed by atoms with Gasteiger partial charge in [0.2, 0.25) is 0 Å². The van der Waals surface area contributed by atoms with Gasteiger partial charge in [-0.15, -0.1) is 0 Å². The van der Waals surface area contributed by atoms with Gasteiger partial charge >= 0.3 is 0 Å². The van der Waals surface area contributed by atoms with E-state index in [4.69, 9.17) is 0 Å². The molecule has 58 valence electrons. The van der Waals surface area contributed by atoms with Crippen LogP contribution in [-0.4, -0.2) is 7.18 Å². The third kappa shape index (κ3) is 18.6. The Labute approximate surface area is 48.6 Å². The van der Waals surface area contributed by atoms with Crippen LogP contribution in [0.4, 0.5) is 8.78 Å². The third-order valence-electron chi connectivity index (χ3n) is 0. The third-order valence-corrected chi connectivity index (χ3v) is 0. The Morgan fingerprint density at radius 3 is 1.20 bits per heavy atom. The molecule has 0 heterocycles. The van der Waals surface area contributed by atoms with Crippen LogP contribution < -0.4 is 4.70 Å². The molecule has 0 spiro atoms. The Kier molecular flexibility index (Phi) is 1270. The Bertz CT molecular complexity index is 18.9. The van der Waals surface area contributed by atoms with Crippen LogP contribution in [0.25, 0.3) is 0 Å². The molecule has 0 rings (SSSR count). The Morgan fingerprint density at radius 1 is 1.20 bits per heavy atom. The van der Waals surface area contributed by atoms with E-state index < -0.39 is 0 Å². The van der Waals surface area contributed by atoms with Crippen LogP contribution in [-0.2, 0) is 0 Å². The summed E-state index contributed by atoms with van der Waals surface area (Å²) in [7, 11) is 0.500. The van der Waals surface area contributed by atoms with E-state index in [1.807, 2.05) is 0 Å². The second kappa shape index (κ2) is 92.4. The van der Waals surface area contributed by atoms with Gasteiger partial charge in [-0.3, -0.25) is 11.0 Å². The molecule has 0 aliphatic carbocycles. The van der Waals surface area contributed by atoms with Crippen molar-refractivity contribution in [1.82, 2.24) is 0 Å². The first-order chi connectivity index (χ1) is 3.41. The number of hydrogen-bond acceptors (Lipinski definition) is 0. The van der Waals surface area contributed by atoms with Crippen molar-refractivity contribution in [1.29, 1.82) is 0 Å². The molecule has 0 radical (unpaired) electrons. The molecule has 0 saturated heterocycles. The average Bonchev–Trinajstić information content (AvgIpc) is 1.78. The SMILES string of the molecule is CF.C[CH-]F.[CH-]=C.[F-].[Rf].[Rf]. The molecule has 0 fully saturated rings. The molecule has 0 amide bonds. The average molecular weight is 661 g/mol. The standard InChI is InChI=1S/C2H4F.C2H3.CH3F.FH.2Rf/c1-2-3;2*1-2;;;/h2H,1H3;1H,2H2;1H3;1H;;/q2*-1;;;;/p-1. The quantitative estimate of drug-likeness (QED) is 0.303. The van der Waals surface area contributed by atoms with E-state index in [1.54, 1.807) is 0 Å². The number of rotatable bonds is 0. The normalized spacial score (nSPS) is 2.80. The molecule has 0 bridgehead atoms. The van der Waals surface area contributed by atoms with Gasteiger partial charge < -0.3 is 15.7 Å². The van der Waals surface area contributed by atoms with Gasteiger partial charge in [0.15, 0.2) is 0 Å². The molecule has 10 heavy (non-hydrogen) atoms. The molecule has 0 N–H and O–H groups in total. The number of hydrogen-bond donors (Lipinski definition) is 0. The second-order valence-electron chi connectivity index (χ2n) is 0.218. The predicted octanol–water partition coefficient (Wildman–Crippen LogP) is -0.667. The number of halogens is 3. The van der Waals surface area contributed by atoms with E-state index in [0.29, 0.717) is 13.9 Å². The van der Waals surface area contributed by atoms with Gasteiger partial charge in [-0.05, 0) is 0 Å². The van der Waals surface area contributed by atoms with Crippen molar-refractivity contribution < 1.29 is 13.5 Å². The van der Waals surface area contributed by atoms with Crippen LogP contribution in [0.3, 0.4) is 0 Å². The van der Waals surface area contributed by atoms with Crippen LogP contribution in [0.5, 0.6) is 0 Å². The van der Waals surface area contributed by atoms with Gasteiger partial charge in [0, 0.05) is 0 Å². The van der Waals surface area contributed by atoms with Gasteiger partial charge in [0.1, 0.15) is 0 Å². The summed E-state index contributed by atoms with van der Waals surface area (Å²) in [5.74, 6) is 0. The van der Waals surface area contributed by atoms with Crippen molar-refractivity contribution in [3.05, 3.63) is 19.8 Å². The summed E-state index contributed by atoms with van der Waals surface area (Å²) in [5, 5.41) is 0. The topological polar surface area (TPSA) is 0 Å². The van der Waals surface area contributed by atoms with Gasteiger partial charge in [0.25, 0.3) is 0 Å². The van der Waals surface area contributed by atoms with E-state index in [1.165, 1.54) is 6.92 Å². The molecule has 0 saturated carbocycles. The summed E-state index contributed by atoms with van der Waals surface area (Å²) < 4.78 is 19.7. The molecule has 0 aliphatic rings. The van der Waals surface area contributed by atoms with Gasteiger partial charge in [-0.25, -0.2) is 0 Å². The molecular formula is C5H10F3Rf2-3.